The monoisotopic (exact) mass is 382 g/mol. The number of aromatic carboxylic acids is 1. The Morgan fingerprint density at radius 1 is 1.00 bits per heavy atom. The number of methoxy groups -OCH3 is 1. The molecule has 2 aromatic heterocycles. The maximum Gasteiger partial charge on any atom is 0.339 e. The number of hydrogen-bond donors (Lipinski definition) is 2. The van der Waals surface area contributed by atoms with Crippen molar-refractivity contribution in [1.82, 2.24) is 9.55 Å². The van der Waals surface area contributed by atoms with Gasteiger partial charge in [-0.1, -0.05) is 18.2 Å². The second kappa shape index (κ2) is 9.13. The first kappa shape index (κ1) is 20.4. The Balaban J connectivity index is 0.000000221. The van der Waals surface area contributed by atoms with Gasteiger partial charge in [-0.25, -0.2) is 9.59 Å². The lowest BCUT2D eigenvalue weighted by atomic mass is 10.2. The number of rotatable bonds is 3. The van der Waals surface area contributed by atoms with Crippen molar-refractivity contribution in [3.05, 3.63) is 98.3 Å². The summed E-state index contributed by atoms with van der Waals surface area (Å²) in [5.41, 5.74) is 1.09. The molecule has 8 heteroatoms. The SMILES string of the molecule is COC(=O)c1ccc(=O)n(-c2ccccc2)c1.Cc1[nH]c(=O)ccc1C(=O)O. The van der Waals surface area contributed by atoms with E-state index in [2.05, 4.69) is 9.72 Å². The van der Waals surface area contributed by atoms with E-state index in [1.54, 1.807) is 19.1 Å². The molecule has 0 unspecified atom stereocenters. The van der Waals surface area contributed by atoms with Crippen molar-refractivity contribution < 1.29 is 19.4 Å². The van der Waals surface area contributed by atoms with E-state index in [4.69, 9.17) is 5.11 Å². The van der Waals surface area contributed by atoms with Crippen LogP contribution in [0.1, 0.15) is 26.4 Å². The first-order chi connectivity index (χ1) is 13.3. The largest absolute Gasteiger partial charge is 0.478 e. The molecule has 0 radical (unpaired) electrons. The molecule has 3 aromatic rings. The summed E-state index contributed by atoms with van der Waals surface area (Å²) in [5, 5.41) is 8.53. The minimum absolute atomic E-state index is 0.129. The molecule has 0 aliphatic carbocycles. The zero-order valence-electron chi connectivity index (χ0n) is 15.2. The van der Waals surface area contributed by atoms with Crippen LogP contribution in [0.3, 0.4) is 0 Å². The van der Waals surface area contributed by atoms with Crippen LogP contribution in [0.5, 0.6) is 0 Å². The maximum absolute atomic E-state index is 11.7. The van der Waals surface area contributed by atoms with Crippen molar-refractivity contribution >= 4 is 11.9 Å². The molecule has 8 nitrogen and oxygen atoms in total. The molecule has 3 rings (SSSR count). The van der Waals surface area contributed by atoms with Crippen LogP contribution in [-0.2, 0) is 4.74 Å². The van der Waals surface area contributed by atoms with Crippen LogP contribution in [0, 0.1) is 6.92 Å². The number of carbonyl (C=O) groups is 2. The lowest BCUT2D eigenvalue weighted by molar-refractivity contribution is 0.0599. The number of benzene rings is 1. The number of aromatic amines is 1. The van der Waals surface area contributed by atoms with E-state index in [0.29, 0.717) is 16.9 Å². The zero-order valence-corrected chi connectivity index (χ0v) is 15.2. The first-order valence-corrected chi connectivity index (χ1v) is 8.13. The Labute approximate surface area is 159 Å². The second-order valence-electron chi connectivity index (χ2n) is 5.62. The minimum Gasteiger partial charge on any atom is -0.478 e. The third kappa shape index (κ3) is 5.04. The second-order valence-corrected chi connectivity index (χ2v) is 5.62. The van der Waals surface area contributed by atoms with Crippen LogP contribution in [-0.4, -0.2) is 33.7 Å². The van der Waals surface area contributed by atoms with Gasteiger partial charge < -0.3 is 14.8 Å². The molecule has 1 aromatic carbocycles. The summed E-state index contributed by atoms with van der Waals surface area (Å²) in [6.07, 6.45) is 1.48. The van der Waals surface area contributed by atoms with Gasteiger partial charge in [-0.2, -0.15) is 0 Å². The zero-order chi connectivity index (χ0) is 20.7. The van der Waals surface area contributed by atoms with E-state index in [0.717, 1.165) is 0 Å². The molecule has 0 saturated carbocycles. The van der Waals surface area contributed by atoms with Gasteiger partial charge in [-0.05, 0) is 31.2 Å². The quantitative estimate of drug-likeness (QED) is 0.669. The molecule has 2 N–H and O–H groups in total. The summed E-state index contributed by atoms with van der Waals surface area (Å²) in [6.45, 7) is 1.55. The van der Waals surface area contributed by atoms with Crippen LogP contribution < -0.4 is 11.1 Å². The minimum atomic E-state index is -1.03. The highest BCUT2D eigenvalue weighted by Gasteiger charge is 2.08. The molecule has 0 spiro atoms. The van der Waals surface area contributed by atoms with Gasteiger partial charge in [0.15, 0.2) is 0 Å². The lowest BCUT2D eigenvalue weighted by Gasteiger charge is -2.06. The number of aryl methyl sites for hydroxylation is 1. The van der Waals surface area contributed by atoms with Gasteiger partial charge in [0, 0.05) is 29.7 Å². The Morgan fingerprint density at radius 3 is 2.25 bits per heavy atom. The average molecular weight is 382 g/mol. The molecule has 28 heavy (non-hydrogen) atoms. The summed E-state index contributed by atoms with van der Waals surface area (Å²) < 4.78 is 6.02. The van der Waals surface area contributed by atoms with E-state index in [9.17, 15) is 19.2 Å². The van der Waals surface area contributed by atoms with E-state index in [-0.39, 0.29) is 16.7 Å². The molecule has 0 fully saturated rings. The Kier molecular flexibility index (Phi) is 6.64. The number of H-pyrrole nitrogens is 1. The number of carbonyl (C=O) groups excluding carboxylic acids is 1. The van der Waals surface area contributed by atoms with Gasteiger partial charge in [0.05, 0.1) is 18.2 Å². The summed E-state index contributed by atoms with van der Waals surface area (Å²) in [7, 11) is 1.31. The molecule has 0 aliphatic heterocycles. The topological polar surface area (TPSA) is 118 Å². The Morgan fingerprint density at radius 2 is 1.68 bits per heavy atom. The molecule has 0 bridgehead atoms. The predicted octanol–water partition coefficient (Wildman–Crippen LogP) is 2.01. The number of para-hydroxylation sites is 1. The summed E-state index contributed by atoms with van der Waals surface area (Å²) in [5.74, 6) is -1.49. The smallest absolute Gasteiger partial charge is 0.339 e. The van der Waals surface area contributed by atoms with E-state index < -0.39 is 11.9 Å². The van der Waals surface area contributed by atoms with Crippen LogP contribution in [0.15, 0.2) is 70.4 Å². The van der Waals surface area contributed by atoms with Crippen LogP contribution in [0.4, 0.5) is 0 Å². The normalized spacial score (nSPS) is 9.79. The number of nitrogens with zero attached hydrogens (tertiary/aromatic N) is 1. The van der Waals surface area contributed by atoms with Gasteiger partial charge in [0.2, 0.25) is 5.56 Å². The molecule has 144 valence electrons. The molecular formula is C20H18N2O6. The van der Waals surface area contributed by atoms with E-state index >= 15 is 0 Å². The van der Waals surface area contributed by atoms with E-state index in [1.165, 1.54) is 42.1 Å². The van der Waals surface area contributed by atoms with Gasteiger partial charge in [-0.3, -0.25) is 14.2 Å². The third-order valence-electron chi connectivity index (χ3n) is 3.71. The fourth-order valence-corrected chi connectivity index (χ4v) is 2.33. The van der Waals surface area contributed by atoms with Gasteiger partial charge in [-0.15, -0.1) is 0 Å². The Bertz CT molecular complexity index is 1100. The van der Waals surface area contributed by atoms with E-state index in [1.807, 2.05) is 18.2 Å². The Hall–Kier alpha value is -3.94. The number of carboxylic acid groups (broad SMARTS) is 1. The highest BCUT2D eigenvalue weighted by Crippen LogP contribution is 2.06. The summed E-state index contributed by atoms with van der Waals surface area (Å²) in [6, 6.07) is 14.4. The number of carboxylic acids is 1. The molecule has 2 heterocycles. The third-order valence-corrected chi connectivity index (χ3v) is 3.71. The van der Waals surface area contributed by atoms with Crippen LogP contribution in [0.25, 0.3) is 5.69 Å². The van der Waals surface area contributed by atoms with Crippen LogP contribution in [0.2, 0.25) is 0 Å². The van der Waals surface area contributed by atoms with Crippen molar-refractivity contribution in [3.8, 4) is 5.69 Å². The highest BCUT2D eigenvalue weighted by molar-refractivity contribution is 5.89. The van der Waals surface area contributed by atoms with Crippen LogP contribution >= 0.6 is 0 Å². The number of ether oxygens (including phenoxy) is 1. The van der Waals surface area contributed by atoms with Crippen molar-refractivity contribution in [1.29, 1.82) is 0 Å². The molecular weight excluding hydrogens is 364 g/mol. The first-order valence-electron chi connectivity index (χ1n) is 8.13. The number of esters is 1. The fourth-order valence-electron chi connectivity index (χ4n) is 2.33. The number of nitrogens with one attached hydrogen (secondary N) is 1. The van der Waals surface area contributed by atoms with Crippen molar-refractivity contribution in [3.63, 3.8) is 0 Å². The number of hydrogen-bond acceptors (Lipinski definition) is 5. The predicted molar refractivity (Wildman–Crippen MR) is 102 cm³/mol. The molecule has 0 aliphatic rings. The molecule has 0 amide bonds. The standard InChI is InChI=1S/C13H11NO3.C7H7NO3/c1-17-13(16)10-7-8-12(15)14(9-10)11-5-3-2-4-6-11;1-4-5(7(10)11)2-3-6(9)8-4/h2-9H,1H3;2-3H,1H3,(H,8,9)(H,10,11). The van der Waals surface area contributed by atoms with Crippen molar-refractivity contribution in [2.24, 2.45) is 0 Å². The lowest BCUT2D eigenvalue weighted by Crippen LogP contribution is -2.18. The maximum atomic E-state index is 11.7. The van der Waals surface area contributed by atoms with Gasteiger partial charge >= 0.3 is 11.9 Å². The number of pyridine rings is 2. The van der Waals surface area contributed by atoms with Crippen molar-refractivity contribution in [2.45, 2.75) is 6.92 Å². The highest BCUT2D eigenvalue weighted by atomic mass is 16.5. The average Bonchev–Trinajstić information content (AvgIpc) is 2.68. The van der Waals surface area contributed by atoms with Gasteiger partial charge in [0.25, 0.3) is 5.56 Å². The fraction of sp³-hybridized carbons (Fsp3) is 0.100. The summed E-state index contributed by atoms with van der Waals surface area (Å²) in [4.78, 5) is 46.5. The molecule has 0 saturated heterocycles. The summed E-state index contributed by atoms with van der Waals surface area (Å²) >= 11 is 0. The van der Waals surface area contributed by atoms with Crippen molar-refractivity contribution in [2.75, 3.05) is 7.11 Å². The molecule has 0 atom stereocenters. The number of aromatic nitrogens is 2. The van der Waals surface area contributed by atoms with Gasteiger partial charge in [0.1, 0.15) is 0 Å².